The predicted molar refractivity (Wildman–Crippen MR) is 110 cm³/mol. The minimum absolute atomic E-state index is 0.208. The Morgan fingerprint density at radius 2 is 1.83 bits per heavy atom. The van der Waals surface area contributed by atoms with Crippen molar-refractivity contribution in [3.63, 3.8) is 0 Å². The van der Waals surface area contributed by atoms with E-state index in [2.05, 4.69) is 15.6 Å². The lowest BCUT2D eigenvalue weighted by molar-refractivity contribution is 0.0952. The molecular formula is C21H19FN4O2S. The molecule has 1 saturated carbocycles. The highest BCUT2D eigenvalue weighted by Crippen LogP contribution is 2.25. The van der Waals surface area contributed by atoms with Gasteiger partial charge in [0.2, 0.25) is 0 Å². The molecule has 0 atom stereocenters. The molecule has 1 heterocycles. The van der Waals surface area contributed by atoms with E-state index < -0.39 is 5.91 Å². The van der Waals surface area contributed by atoms with E-state index in [-0.39, 0.29) is 17.8 Å². The van der Waals surface area contributed by atoms with Gasteiger partial charge < -0.3 is 10.6 Å². The molecule has 0 radical (unpaired) electrons. The minimum Gasteiger partial charge on any atom is -0.349 e. The average Bonchev–Trinajstić information content (AvgIpc) is 3.43. The second-order valence-electron chi connectivity index (χ2n) is 6.69. The Kier molecular flexibility index (Phi) is 5.35. The average molecular weight is 410 g/mol. The number of imidazole rings is 1. The van der Waals surface area contributed by atoms with E-state index in [1.165, 1.54) is 30.1 Å². The number of thioether (sulfide) groups is 1. The summed E-state index contributed by atoms with van der Waals surface area (Å²) in [5, 5.41) is 6.35. The van der Waals surface area contributed by atoms with Gasteiger partial charge in [-0.05, 0) is 55.5 Å². The number of rotatable bonds is 6. The highest BCUT2D eigenvalue weighted by Gasteiger charge is 2.25. The van der Waals surface area contributed by atoms with Gasteiger partial charge in [-0.1, -0.05) is 23.9 Å². The molecule has 2 aromatic carbocycles. The zero-order chi connectivity index (χ0) is 20.4. The SMILES string of the molecule is CSc1ncc(C(=O)Nc2ccccc2C(=O)NC2CC2)n1-c1ccc(F)cc1. The van der Waals surface area contributed by atoms with Crippen LogP contribution in [-0.4, -0.2) is 33.7 Å². The van der Waals surface area contributed by atoms with Crippen LogP contribution in [0.15, 0.2) is 59.9 Å². The molecule has 4 rings (SSSR count). The molecule has 1 aliphatic carbocycles. The van der Waals surface area contributed by atoms with Gasteiger partial charge in [-0.3, -0.25) is 14.2 Å². The normalized spacial score (nSPS) is 13.2. The van der Waals surface area contributed by atoms with Crippen molar-refractivity contribution >= 4 is 29.3 Å². The lowest BCUT2D eigenvalue weighted by Crippen LogP contribution is -2.27. The van der Waals surface area contributed by atoms with Gasteiger partial charge in [0.1, 0.15) is 11.5 Å². The number of nitrogens with one attached hydrogen (secondary N) is 2. The van der Waals surface area contributed by atoms with Gasteiger partial charge in [0.25, 0.3) is 11.8 Å². The molecular weight excluding hydrogens is 391 g/mol. The summed E-state index contributed by atoms with van der Waals surface area (Å²) in [4.78, 5) is 29.8. The summed E-state index contributed by atoms with van der Waals surface area (Å²) in [5.41, 5.74) is 1.75. The number of hydrogen-bond acceptors (Lipinski definition) is 4. The first-order valence-corrected chi connectivity index (χ1v) is 10.4. The summed E-state index contributed by atoms with van der Waals surface area (Å²) < 4.78 is 15.0. The van der Waals surface area contributed by atoms with Gasteiger partial charge in [-0.15, -0.1) is 0 Å². The van der Waals surface area contributed by atoms with Crippen LogP contribution in [-0.2, 0) is 0 Å². The van der Waals surface area contributed by atoms with Crippen LogP contribution in [0.2, 0.25) is 0 Å². The maximum atomic E-state index is 13.3. The highest BCUT2D eigenvalue weighted by atomic mass is 32.2. The Labute approximate surface area is 171 Å². The van der Waals surface area contributed by atoms with E-state index in [9.17, 15) is 14.0 Å². The number of aromatic nitrogens is 2. The van der Waals surface area contributed by atoms with Gasteiger partial charge in [-0.2, -0.15) is 0 Å². The monoisotopic (exact) mass is 410 g/mol. The lowest BCUT2D eigenvalue weighted by atomic mass is 10.1. The lowest BCUT2D eigenvalue weighted by Gasteiger charge is -2.13. The van der Waals surface area contributed by atoms with Crippen molar-refractivity contribution in [2.75, 3.05) is 11.6 Å². The van der Waals surface area contributed by atoms with Crippen LogP contribution in [0.4, 0.5) is 10.1 Å². The van der Waals surface area contributed by atoms with Crippen LogP contribution in [0, 0.1) is 5.82 Å². The molecule has 0 saturated heterocycles. The topological polar surface area (TPSA) is 76.0 Å². The van der Waals surface area contributed by atoms with E-state index in [1.807, 2.05) is 6.26 Å². The van der Waals surface area contributed by atoms with Crippen molar-refractivity contribution in [2.24, 2.45) is 0 Å². The summed E-state index contributed by atoms with van der Waals surface area (Å²) in [6, 6.07) is 12.9. The summed E-state index contributed by atoms with van der Waals surface area (Å²) >= 11 is 1.37. The van der Waals surface area contributed by atoms with Gasteiger partial charge in [0.15, 0.2) is 5.16 Å². The molecule has 0 bridgehead atoms. The third kappa shape index (κ3) is 4.17. The van der Waals surface area contributed by atoms with Crippen molar-refractivity contribution in [1.82, 2.24) is 14.9 Å². The number of carbonyl (C=O) groups is 2. The van der Waals surface area contributed by atoms with Crippen LogP contribution in [0.1, 0.15) is 33.7 Å². The molecule has 1 aliphatic rings. The Morgan fingerprint density at radius 1 is 1.10 bits per heavy atom. The Hall–Kier alpha value is -3.13. The zero-order valence-electron chi connectivity index (χ0n) is 15.7. The molecule has 148 valence electrons. The Morgan fingerprint density at radius 3 is 2.52 bits per heavy atom. The fourth-order valence-corrected chi connectivity index (χ4v) is 3.49. The molecule has 29 heavy (non-hydrogen) atoms. The second-order valence-corrected chi connectivity index (χ2v) is 7.46. The molecule has 0 spiro atoms. The molecule has 6 nitrogen and oxygen atoms in total. The van der Waals surface area contributed by atoms with E-state index in [1.54, 1.807) is 41.0 Å². The largest absolute Gasteiger partial charge is 0.349 e. The Balaban J connectivity index is 1.64. The number of benzene rings is 2. The quantitative estimate of drug-likeness (QED) is 0.605. The van der Waals surface area contributed by atoms with Crippen LogP contribution in [0.3, 0.4) is 0 Å². The zero-order valence-corrected chi connectivity index (χ0v) is 16.5. The smallest absolute Gasteiger partial charge is 0.274 e. The van der Waals surface area contributed by atoms with Gasteiger partial charge in [-0.25, -0.2) is 9.37 Å². The summed E-state index contributed by atoms with van der Waals surface area (Å²) in [7, 11) is 0. The fourth-order valence-electron chi connectivity index (χ4n) is 2.95. The molecule has 2 N–H and O–H groups in total. The first-order chi connectivity index (χ1) is 14.1. The van der Waals surface area contributed by atoms with Gasteiger partial charge >= 0.3 is 0 Å². The third-order valence-corrected chi connectivity index (χ3v) is 5.22. The van der Waals surface area contributed by atoms with E-state index in [4.69, 9.17) is 0 Å². The first kappa shape index (κ1) is 19.2. The van der Waals surface area contributed by atoms with Crippen molar-refractivity contribution in [3.05, 3.63) is 71.8 Å². The van der Waals surface area contributed by atoms with Crippen LogP contribution < -0.4 is 10.6 Å². The van der Waals surface area contributed by atoms with E-state index >= 15 is 0 Å². The maximum Gasteiger partial charge on any atom is 0.274 e. The third-order valence-electron chi connectivity index (χ3n) is 4.56. The fraction of sp³-hybridized carbons (Fsp3) is 0.190. The number of para-hydroxylation sites is 1. The number of hydrogen-bond donors (Lipinski definition) is 2. The number of nitrogens with zero attached hydrogens (tertiary/aromatic N) is 2. The van der Waals surface area contributed by atoms with Crippen molar-refractivity contribution in [3.8, 4) is 5.69 Å². The first-order valence-electron chi connectivity index (χ1n) is 9.15. The summed E-state index contributed by atoms with van der Waals surface area (Å²) in [6.07, 6.45) is 5.28. The summed E-state index contributed by atoms with van der Waals surface area (Å²) in [6.45, 7) is 0. The van der Waals surface area contributed by atoms with Gasteiger partial charge in [0.05, 0.1) is 17.4 Å². The molecule has 0 aliphatic heterocycles. The second kappa shape index (κ2) is 8.08. The number of anilines is 1. The molecule has 1 aromatic heterocycles. The minimum atomic E-state index is -0.409. The molecule has 2 amide bonds. The van der Waals surface area contributed by atoms with Crippen LogP contribution in [0.25, 0.3) is 5.69 Å². The molecule has 8 heteroatoms. The predicted octanol–water partition coefficient (Wildman–Crippen LogP) is 3.88. The van der Waals surface area contributed by atoms with E-state index in [0.29, 0.717) is 27.8 Å². The number of amides is 2. The highest BCUT2D eigenvalue weighted by molar-refractivity contribution is 7.98. The molecule has 3 aromatic rings. The van der Waals surface area contributed by atoms with Crippen molar-refractivity contribution < 1.29 is 14.0 Å². The standard InChI is InChI=1S/C21H19FN4O2S/c1-29-21-23-12-18(26(21)15-10-6-13(22)7-11-15)20(28)25-17-5-3-2-4-16(17)19(27)24-14-8-9-14/h2-7,10-12,14H,8-9H2,1H3,(H,24,27)(H,25,28). The van der Waals surface area contributed by atoms with Crippen LogP contribution >= 0.6 is 11.8 Å². The van der Waals surface area contributed by atoms with Crippen LogP contribution in [0.5, 0.6) is 0 Å². The molecule has 0 unspecified atom stereocenters. The van der Waals surface area contributed by atoms with Gasteiger partial charge in [0, 0.05) is 11.7 Å². The summed E-state index contributed by atoms with van der Waals surface area (Å²) in [5.74, 6) is -0.977. The van der Waals surface area contributed by atoms with Crippen molar-refractivity contribution in [2.45, 2.75) is 24.0 Å². The van der Waals surface area contributed by atoms with E-state index in [0.717, 1.165) is 12.8 Å². The van der Waals surface area contributed by atoms with Crippen molar-refractivity contribution in [1.29, 1.82) is 0 Å². The Bertz CT molecular complexity index is 1060. The maximum absolute atomic E-state index is 13.3. The molecule has 1 fully saturated rings. The number of carbonyl (C=O) groups excluding carboxylic acids is 2. The number of halogens is 1.